The monoisotopic (exact) mass is 309 g/mol. The van der Waals surface area contributed by atoms with Crippen molar-refractivity contribution in [3.05, 3.63) is 64.7 Å². The van der Waals surface area contributed by atoms with Crippen LogP contribution < -0.4 is 4.74 Å². The summed E-state index contributed by atoms with van der Waals surface area (Å²) in [7, 11) is 1.54. The first-order chi connectivity index (χ1) is 11.1. The van der Waals surface area contributed by atoms with E-state index in [1.807, 2.05) is 31.2 Å². The first-order valence-electron chi connectivity index (χ1n) is 7.47. The zero-order valence-electron chi connectivity index (χ0n) is 13.2. The highest BCUT2D eigenvalue weighted by Gasteiger charge is 2.24. The zero-order valence-corrected chi connectivity index (χ0v) is 13.2. The number of rotatable bonds is 6. The van der Waals surface area contributed by atoms with Crippen LogP contribution in [0, 0.1) is 11.3 Å². The standard InChI is InChI=1S/C19H19NO3/c1-3-13-7-8-18(23-2)16(10-13)17(19(21)22)11-14-5-4-6-15(9-14)12-20/h4-10,17H,3,11H2,1-2H3,(H,21,22). The molecule has 0 heterocycles. The molecule has 2 aromatic carbocycles. The van der Waals surface area contributed by atoms with Crippen LogP contribution in [0.2, 0.25) is 0 Å². The highest BCUT2D eigenvalue weighted by atomic mass is 16.5. The topological polar surface area (TPSA) is 70.3 Å². The molecular weight excluding hydrogens is 290 g/mol. The Morgan fingerprint density at radius 1 is 1.26 bits per heavy atom. The summed E-state index contributed by atoms with van der Waals surface area (Å²) in [6.07, 6.45) is 1.14. The van der Waals surface area contributed by atoms with Crippen LogP contribution in [0.5, 0.6) is 5.75 Å². The third-order valence-electron chi connectivity index (χ3n) is 3.87. The fraction of sp³-hybridized carbons (Fsp3) is 0.263. The van der Waals surface area contributed by atoms with Gasteiger partial charge in [-0.3, -0.25) is 4.79 Å². The lowest BCUT2D eigenvalue weighted by molar-refractivity contribution is -0.138. The van der Waals surface area contributed by atoms with E-state index in [0.29, 0.717) is 23.3 Å². The van der Waals surface area contributed by atoms with Gasteiger partial charge in [0.25, 0.3) is 0 Å². The molecule has 0 saturated carbocycles. The van der Waals surface area contributed by atoms with Crippen molar-refractivity contribution in [3.8, 4) is 11.8 Å². The Morgan fingerprint density at radius 3 is 2.65 bits per heavy atom. The maximum Gasteiger partial charge on any atom is 0.311 e. The second-order valence-electron chi connectivity index (χ2n) is 5.34. The number of carbonyl (C=O) groups is 1. The lowest BCUT2D eigenvalue weighted by atomic mass is 9.89. The van der Waals surface area contributed by atoms with E-state index in [1.165, 1.54) is 0 Å². The summed E-state index contributed by atoms with van der Waals surface area (Å²) in [5.74, 6) is -1.05. The van der Waals surface area contributed by atoms with Crippen molar-refractivity contribution >= 4 is 5.97 Å². The summed E-state index contributed by atoms with van der Waals surface area (Å²) in [4.78, 5) is 11.8. The van der Waals surface area contributed by atoms with Crippen LogP contribution in [-0.4, -0.2) is 18.2 Å². The third-order valence-corrected chi connectivity index (χ3v) is 3.87. The molecule has 0 fully saturated rings. The van der Waals surface area contributed by atoms with Crippen LogP contribution in [0.25, 0.3) is 0 Å². The lowest BCUT2D eigenvalue weighted by Gasteiger charge is -2.17. The number of aliphatic carboxylic acids is 1. The summed E-state index contributed by atoms with van der Waals surface area (Å²) in [5, 5.41) is 18.7. The second-order valence-corrected chi connectivity index (χ2v) is 5.34. The van der Waals surface area contributed by atoms with Gasteiger partial charge in [0.15, 0.2) is 0 Å². The van der Waals surface area contributed by atoms with E-state index in [1.54, 1.807) is 25.3 Å². The number of benzene rings is 2. The van der Waals surface area contributed by atoms with E-state index in [2.05, 4.69) is 6.07 Å². The molecule has 4 nitrogen and oxygen atoms in total. The van der Waals surface area contributed by atoms with E-state index in [9.17, 15) is 9.90 Å². The van der Waals surface area contributed by atoms with Gasteiger partial charge in [0.1, 0.15) is 5.75 Å². The first-order valence-corrected chi connectivity index (χ1v) is 7.47. The van der Waals surface area contributed by atoms with Crippen LogP contribution >= 0.6 is 0 Å². The SMILES string of the molecule is CCc1ccc(OC)c(C(Cc2cccc(C#N)c2)C(=O)O)c1. The van der Waals surface area contributed by atoms with Crippen molar-refractivity contribution < 1.29 is 14.6 Å². The highest BCUT2D eigenvalue weighted by molar-refractivity contribution is 5.78. The average molecular weight is 309 g/mol. The summed E-state index contributed by atoms with van der Waals surface area (Å²) >= 11 is 0. The maximum atomic E-state index is 11.8. The molecule has 0 spiro atoms. The Labute approximate surface area is 136 Å². The molecule has 23 heavy (non-hydrogen) atoms. The minimum Gasteiger partial charge on any atom is -0.496 e. The largest absolute Gasteiger partial charge is 0.496 e. The number of methoxy groups -OCH3 is 1. The van der Waals surface area contributed by atoms with Crippen molar-refractivity contribution in [3.63, 3.8) is 0 Å². The van der Waals surface area contributed by atoms with Crippen LogP contribution in [0.3, 0.4) is 0 Å². The molecule has 118 valence electrons. The minimum absolute atomic E-state index is 0.314. The predicted molar refractivity (Wildman–Crippen MR) is 87.6 cm³/mol. The van der Waals surface area contributed by atoms with Gasteiger partial charge < -0.3 is 9.84 Å². The maximum absolute atomic E-state index is 11.8. The normalized spacial score (nSPS) is 11.5. The molecule has 1 N–H and O–H groups in total. The van der Waals surface area contributed by atoms with Gasteiger partial charge in [0.2, 0.25) is 0 Å². The fourth-order valence-electron chi connectivity index (χ4n) is 2.61. The van der Waals surface area contributed by atoms with Crippen LogP contribution in [0.1, 0.15) is 35.1 Å². The van der Waals surface area contributed by atoms with Gasteiger partial charge in [0, 0.05) is 5.56 Å². The number of carboxylic acid groups (broad SMARTS) is 1. The molecule has 2 aromatic rings. The summed E-state index contributed by atoms with van der Waals surface area (Å²) in [6, 6.07) is 14.8. The quantitative estimate of drug-likeness (QED) is 0.886. The highest BCUT2D eigenvalue weighted by Crippen LogP contribution is 2.31. The van der Waals surface area contributed by atoms with E-state index in [-0.39, 0.29) is 0 Å². The molecular formula is C19H19NO3. The Hall–Kier alpha value is -2.80. The number of ether oxygens (including phenoxy) is 1. The molecule has 2 rings (SSSR count). The predicted octanol–water partition coefficient (Wildman–Crippen LogP) is 3.54. The molecule has 0 radical (unpaired) electrons. The van der Waals surface area contributed by atoms with Crippen LogP contribution in [-0.2, 0) is 17.6 Å². The minimum atomic E-state index is -0.904. The van der Waals surface area contributed by atoms with Crippen LogP contribution in [0.15, 0.2) is 42.5 Å². The molecule has 0 aromatic heterocycles. The van der Waals surface area contributed by atoms with Crippen molar-refractivity contribution in [1.29, 1.82) is 5.26 Å². The Bertz CT molecular complexity index is 747. The summed E-state index contributed by atoms with van der Waals surface area (Å²) in [5.41, 5.74) is 3.08. The van der Waals surface area contributed by atoms with Crippen molar-refractivity contribution in [2.24, 2.45) is 0 Å². The number of nitrogens with zero attached hydrogens (tertiary/aromatic N) is 1. The number of hydrogen-bond donors (Lipinski definition) is 1. The molecule has 0 aliphatic heterocycles. The number of aryl methyl sites for hydroxylation is 1. The smallest absolute Gasteiger partial charge is 0.311 e. The van der Waals surface area contributed by atoms with Gasteiger partial charge in [0.05, 0.1) is 24.7 Å². The molecule has 0 amide bonds. The Balaban J connectivity index is 2.42. The van der Waals surface area contributed by atoms with Gasteiger partial charge in [-0.15, -0.1) is 0 Å². The lowest BCUT2D eigenvalue weighted by Crippen LogP contribution is -2.16. The average Bonchev–Trinajstić information content (AvgIpc) is 2.59. The van der Waals surface area contributed by atoms with Crippen molar-refractivity contribution in [2.75, 3.05) is 7.11 Å². The number of nitriles is 1. The second kappa shape index (κ2) is 7.46. The first kappa shape index (κ1) is 16.6. The molecule has 0 aliphatic rings. The summed E-state index contributed by atoms with van der Waals surface area (Å²) in [6.45, 7) is 2.03. The Kier molecular flexibility index (Phi) is 5.37. The zero-order chi connectivity index (χ0) is 16.8. The third kappa shape index (κ3) is 3.89. The molecule has 1 unspecified atom stereocenters. The molecule has 0 bridgehead atoms. The van der Waals surface area contributed by atoms with E-state index in [4.69, 9.17) is 10.00 Å². The Morgan fingerprint density at radius 2 is 2.04 bits per heavy atom. The van der Waals surface area contributed by atoms with Gasteiger partial charge in [-0.1, -0.05) is 31.2 Å². The number of carboxylic acids is 1. The van der Waals surface area contributed by atoms with E-state index >= 15 is 0 Å². The van der Waals surface area contributed by atoms with Crippen molar-refractivity contribution in [2.45, 2.75) is 25.7 Å². The van der Waals surface area contributed by atoms with Crippen molar-refractivity contribution in [1.82, 2.24) is 0 Å². The van der Waals surface area contributed by atoms with Gasteiger partial charge in [-0.05, 0) is 42.2 Å². The van der Waals surface area contributed by atoms with Crippen LogP contribution in [0.4, 0.5) is 0 Å². The molecule has 0 saturated heterocycles. The number of hydrogen-bond acceptors (Lipinski definition) is 3. The fourth-order valence-corrected chi connectivity index (χ4v) is 2.61. The summed E-state index contributed by atoms with van der Waals surface area (Å²) < 4.78 is 5.34. The molecule has 4 heteroatoms. The van der Waals surface area contributed by atoms with E-state index < -0.39 is 11.9 Å². The van der Waals surface area contributed by atoms with E-state index in [0.717, 1.165) is 17.5 Å². The molecule has 1 atom stereocenters. The molecule has 0 aliphatic carbocycles. The van der Waals surface area contributed by atoms with Gasteiger partial charge in [-0.25, -0.2) is 0 Å². The van der Waals surface area contributed by atoms with Gasteiger partial charge in [-0.2, -0.15) is 5.26 Å². The van der Waals surface area contributed by atoms with Gasteiger partial charge >= 0.3 is 5.97 Å².